The van der Waals surface area contributed by atoms with Crippen LogP contribution in [0, 0.1) is 5.92 Å². The van der Waals surface area contributed by atoms with E-state index in [1.54, 1.807) is 17.9 Å². The Kier molecular flexibility index (Phi) is 4.32. The zero-order valence-corrected chi connectivity index (χ0v) is 11.1. The predicted molar refractivity (Wildman–Crippen MR) is 67.4 cm³/mol. The highest BCUT2D eigenvalue weighted by Crippen LogP contribution is 2.21. The average molecular weight is 238 g/mol. The summed E-state index contributed by atoms with van der Waals surface area (Å²) in [4.78, 5) is 25.9. The van der Waals surface area contributed by atoms with Crippen LogP contribution in [0.25, 0.3) is 0 Å². The Morgan fingerprint density at radius 2 is 2.00 bits per heavy atom. The van der Waals surface area contributed by atoms with Crippen molar-refractivity contribution in [3.63, 3.8) is 0 Å². The first kappa shape index (κ1) is 13.7. The summed E-state index contributed by atoms with van der Waals surface area (Å²) in [5.74, 6) is 0.0550. The van der Waals surface area contributed by atoms with Crippen molar-refractivity contribution in [3.05, 3.63) is 12.7 Å². The lowest BCUT2D eigenvalue weighted by Gasteiger charge is -2.43. The molecule has 1 aliphatic heterocycles. The van der Waals surface area contributed by atoms with Crippen LogP contribution >= 0.6 is 0 Å². The molecule has 1 saturated heterocycles. The number of hydrogen-bond acceptors (Lipinski definition) is 2. The fourth-order valence-electron chi connectivity index (χ4n) is 2.32. The minimum Gasteiger partial charge on any atom is -0.343 e. The third kappa shape index (κ3) is 2.68. The molecular formula is C13H22N2O2. The van der Waals surface area contributed by atoms with Gasteiger partial charge in [-0.1, -0.05) is 19.9 Å². The summed E-state index contributed by atoms with van der Waals surface area (Å²) in [6.45, 7) is 11.3. The fourth-order valence-corrected chi connectivity index (χ4v) is 2.32. The van der Waals surface area contributed by atoms with Gasteiger partial charge in [0.1, 0.15) is 12.1 Å². The molecule has 2 amide bonds. The van der Waals surface area contributed by atoms with E-state index in [0.717, 1.165) is 0 Å². The van der Waals surface area contributed by atoms with E-state index in [0.29, 0.717) is 6.42 Å². The molecule has 0 bridgehead atoms. The number of carbonyl (C=O) groups is 2. The van der Waals surface area contributed by atoms with Crippen LogP contribution in [-0.4, -0.2) is 34.8 Å². The SMILES string of the molecule is C=CCC(C)N1C(=O)C(C)NC(=O)C1C(C)C. The maximum atomic E-state index is 12.2. The molecule has 1 heterocycles. The van der Waals surface area contributed by atoms with E-state index in [1.165, 1.54) is 0 Å². The summed E-state index contributed by atoms with van der Waals surface area (Å²) in [6.07, 6.45) is 2.49. The van der Waals surface area contributed by atoms with Crippen molar-refractivity contribution in [2.24, 2.45) is 5.92 Å². The molecule has 96 valence electrons. The molecule has 1 fully saturated rings. The second-order valence-corrected chi connectivity index (χ2v) is 5.04. The van der Waals surface area contributed by atoms with Gasteiger partial charge in [0, 0.05) is 6.04 Å². The van der Waals surface area contributed by atoms with Crippen LogP contribution in [0.15, 0.2) is 12.7 Å². The molecule has 0 aliphatic carbocycles. The van der Waals surface area contributed by atoms with Crippen molar-refractivity contribution in [2.45, 2.75) is 52.2 Å². The van der Waals surface area contributed by atoms with Gasteiger partial charge in [0.15, 0.2) is 0 Å². The Morgan fingerprint density at radius 1 is 1.41 bits per heavy atom. The molecule has 4 heteroatoms. The average Bonchev–Trinajstić information content (AvgIpc) is 2.22. The Morgan fingerprint density at radius 3 is 2.47 bits per heavy atom. The lowest BCUT2D eigenvalue weighted by molar-refractivity contribution is -0.153. The van der Waals surface area contributed by atoms with Crippen LogP contribution in [0.1, 0.15) is 34.1 Å². The second kappa shape index (κ2) is 5.34. The molecule has 1 N–H and O–H groups in total. The maximum Gasteiger partial charge on any atom is 0.245 e. The van der Waals surface area contributed by atoms with Crippen LogP contribution in [0.4, 0.5) is 0 Å². The summed E-state index contributed by atoms with van der Waals surface area (Å²) >= 11 is 0. The Balaban J connectivity index is 3.01. The first-order valence-corrected chi connectivity index (χ1v) is 6.13. The first-order valence-electron chi connectivity index (χ1n) is 6.13. The van der Waals surface area contributed by atoms with Gasteiger partial charge in [-0.3, -0.25) is 9.59 Å². The molecule has 3 unspecified atom stereocenters. The van der Waals surface area contributed by atoms with Gasteiger partial charge in [-0.2, -0.15) is 0 Å². The highest BCUT2D eigenvalue weighted by atomic mass is 16.2. The van der Waals surface area contributed by atoms with E-state index in [-0.39, 0.29) is 29.8 Å². The number of nitrogens with zero attached hydrogens (tertiary/aromatic N) is 1. The van der Waals surface area contributed by atoms with E-state index in [1.807, 2.05) is 20.8 Å². The van der Waals surface area contributed by atoms with E-state index in [2.05, 4.69) is 11.9 Å². The van der Waals surface area contributed by atoms with Gasteiger partial charge in [0.25, 0.3) is 0 Å². The Labute approximate surface area is 103 Å². The molecular weight excluding hydrogens is 216 g/mol. The minimum absolute atomic E-state index is 0.00218. The van der Waals surface area contributed by atoms with Crippen LogP contribution in [0.2, 0.25) is 0 Å². The number of hydrogen-bond donors (Lipinski definition) is 1. The van der Waals surface area contributed by atoms with Gasteiger partial charge >= 0.3 is 0 Å². The Hall–Kier alpha value is -1.32. The van der Waals surface area contributed by atoms with Gasteiger partial charge in [0.2, 0.25) is 11.8 Å². The maximum absolute atomic E-state index is 12.2. The highest BCUT2D eigenvalue weighted by Gasteiger charge is 2.41. The molecule has 3 atom stereocenters. The fraction of sp³-hybridized carbons (Fsp3) is 0.692. The van der Waals surface area contributed by atoms with Gasteiger partial charge in [-0.25, -0.2) is 0 Å². The molecule has 0 aromatic rings. The number of rotatable bonds is 4. The summed E-state index contributed by atoms with van der Waals surface area (Å²) in [7, 11) is 0. The third-order valence-electron chi connectivity index (χ3n) is 3.17. The number of piperazine rings is 1. The second-order valence-electron chi connectivity index (χ2n) is 5.04. The lowest BCUT2D eigenvalue weighted by Crippen LogP contribution is -2.65. The first-order chi connectivity index (χ1) is 7.90. The molecule has 17 heavy (non-hydrogen) atoms. The van der Waals surface area contributed by atoms with Crippen molar-refractivity contribution < 1.29 is 9.59 Å². The van der Waals surface area contributed by atoms with Crippen LogP contribution in [0.3, 0.4) is 0 Å². The number of nitrogens with one attached hydrogen (secondary N) is 1. The summed E-state index contributed by atoms with van der Waals surface area (Å²) in [6, 6.07) is -0.778. The van der Waals surface area contributed by atoms with Crippen molar-refractivity contribution in [1.82, 2.24) is 10.2 Å². The van der Waals surface area contributed by atoms with Gasteiger partial charge in [-0.15, -0.1) is 6.58 Å². The van der Waals surface area contributed by atoms with Gasteiger partial charge in [0.05, 0.1) is 0 Å². The predicted octanol–water partition coefficient (Wildman–Crippen LogP) is 1.32. The standard InChI is InChI=1S/C13H22N2O2/c1-6-7-9(4)15-11(8(2)3)12(16)14-10(5)13(15)17/h6,8-11H,1,7H2,2-5H3,(H,14,16). The van der Waals surface area contributed by atoms with Crippen LogP contribution in [-0.2, 0) is 9.59 Å². The van der Waals surface area contributed by atoms with Crippen LogP contribution < -0.4 is 5.32 Å². The quantitative estimate of drug-likeness (QED) is 0.751. The van der Waals surface area contributed by atoms with Crippen molar-refractivity contribution in [3.8, 4) is 0 Å². The van der Waals surface area contributed by atoms with Crippen molar-refractivity contribution in [2.75, 3.05) is 0 Å². The topological polar surface area (TPSA) is 49.4 Å². The molecule has 0 spiro atoms. The normalized spacial score (nSPS) is 27.0. The van der Waals surface area contributed by atoms with Crippen molar-refractivity contribution in [1.29, 1.82) is 0 Å². The molecule has 4 nitrogen and oxygen atoms in total. The molecule has 1 aliphatic rings. The zero-order chi connectivity index (χ0) is 13.2. The Bertz CT molecular complexity index is 325. The highest BCUT2D eigenvalue weighted by molar-refractivity contribution is 5.97. The van der Waals surface area contributed by atoms with Gasteiger partial charge in [-0.05, 0) is 26.2 Å². The molecule has 0 aromatic carbocycles. The number of carbonyl (C=O) groups excluding carboxylic acids is 2. The summed E-state index contributed by atoms with van der Waals surface area (Å²) in [5.41, 5.74) is 0. The number of amides is 2. The lowest BCUT2D eigenvalue weighted by atomic mass is 9.95. The molecule has 0 saturated carbocycles. The molecule has 1 rings (SSSR count). The van der Waals surface area contributed by atoms with E-state index in [4.69, 9.17) is 0 Å². The summed E-state index contributed by atoms with van der Waals surface area (Å²) in [5, 5.41) is 2.73. The van der Waals surface area contributed by atoms with Crippen molar-refractivity contribution >= 4 is 11.8 Å². The van der Waals surface area contributed by atoms with Crippen LogP contribution in [0.5, 0.6) is 0 Å². The van der Waals surface area contributed by atoms with E-state index >= 15 is 0 Å². The van der Waals surface area contributed by atoms with E-state index in [9.17, 15) is 9.59 Å². The smallest absolute Gasteiger partial charge is 0.245 e. The monoisotopic (exact) mass is 238 g/mol. The zero-order valence-electron chi connectivity index (χ0n) is 11.1. The molecule has 0 radical (unpaired) electrons. The minimum atomic E-state index is -0.426. The third-order valence-corrected chi connectivity index (χ3v) is 3.17. The summed E-state index contributed by atoms with van der Waals surface area (Å²) < 4.78 is 0. The largest absolute Gasteiger partial charge is 0.343 e. The van der Waals surface area contributed by atoms with Gasteiger partial charge < -0.3 is 10.2 Å². The molecule has 0 aromatic heterocycles. The van der Waals surface area contributed by atoms with E-state index < -0.39 is 6.04 Å².